The Balaban J connectivity index is 1.74. The number of nitrogens with two attached hydrogens (primary N) is 2. The molecule has 7 heteroatoms. The molecule has 0 aliphatic carbocycles. The zero-order valence-corrected chi connectivity index (χ0v) is 18.7. The van der Waals surface area contributed by atoms with Crippen molar-refractivity contribution in [3.63, 3.8) is 0 Å². The van der Waals surface area contributed by atoms with Gasteiger partial charge in [-0.3, -0.25) is 10.8 Å². The first-order valence-electron chi connectivity index (χ1n) is 10.6. The van der Waals surface area contributed by atoms with Gasteiger partial charge >= 0.3 is 5.97 Å². The van der Waals surface area contributed by atoms with E-state index in [2.05, 4.69) is 9.72 Å². The first kappa shape index (κ1) is 22.5. The van der Waals surface area contributed by atoms with Crippen molar-refractivity contribution < 1.29 is 9.53 Å². The molecule has 1 heterocycles. The minimum Gasteiger partial charge on any atom is -0.466 e. The number of rotatable bonds is 7. The van der Waals surface area contributed by atoms with Gasteiger partial charge < -0.3 is 21.2 Å². The minimum atomic E-state index is -0.395. The van der Waals surface area contributed by atoms with E-state index < -0.39 is 5.97 Å². The van der Waals surface area contributed by atoms with Gasteiger partial charge in [0.05, 0.1) is 12.8 Å². The van der Waals surface area contributed by atoms with Crippen LogP contribution >= 0.6 is 0 Å². The molecule has 4 rings (SSSR count). The average molecular weight is 452 g/mol. The number of aromatic nitrogens is 1. The van der Waals surface area contributed by atoms with Crippen LogP contribution in [-0.2, 0) is 16.0 Å². The molecule has 7 N–H and O–H groups in total. The first-order chi connectivity index (χ1) is 16.4. The largest absolute Gasteiger partial charge is 0.466 e. The lowest BCUT2D eigenvalue weighted by Gasteiger charge is -2.08. The van der Waals surface area contributed by atoms with Crippen molar-refractivity contribution in [1.29, 1.82) is 10.8 Å². The third-order valence-corrected chi connectivity index (χ3v) is 5.68. The molecule has 0 unspecified atom stereocenters. The number of H-pyrrole nitrogens is 1. The predicted octanol–water partition coefficient (Wildman–Crippen LogP) is 4.18. The van der Waals surface area contributed by atoms with Crippen LogP contribution in [0.3, 0.4) is 0 Å². The smallest absolute Gasteiger partial charge is 0.330 e. The van der Waals surface area contributed by atoms with Crippen molar-refractivity contribution in [2.75, 3.05) is 7.11 Å². The molecular weight excluding hydrogens is 426 g/mol. The quantitative estimate of drug-likeness (QED) is 0.124. The third-order valence-electron chi connectivity index (χ3n) is 5.68. The van der Waals surface area contributed by atoms with E-state index in [1.807, 2.05) is 66.7 Å². The van der Waals surface area contributed by atoms with E-state index in [0.29, 0.717) is 17.5 Å². The van der Waals surface area contributed by atoms with Crippen LogP contribution in [0.15, 0.2) is 72.8 Å². The summed E-state index contributed by atoms with van der Waals surface area (Å²) < 4.78 is 4.64. The monoisotopic (exact) mass is 451 g/mol. The summed E-state index contributed by atoms with van der Waals surface area (Å²) in [5.74, 6) is -0.356. The fourth-order valence-corrected chi connectivity index (χ4v) is 3.85. The SMILES string of the molecule is COC(=O)/C=C/c1ccc(Cc2c(-c3ccc(C(=N)N)cc3)[nH]c3cc(C(=N)N)ccc23)cc1. The molecule has 0 amide bonds. The van der Waals surface area contributed by atoms with Crippen LogP contribution in [0.5, 0.6) is 0 Å². The second kappa shape index (κ2) is 9.46. The molecule has 0 saturated carbocycles. The lowest BCUT2D eigenvalue weighted by Crippen LogP contribution is -2.10. The van der Waals surface area contributed by atoms with Gasteiger partial charge in [0.15, 0.2) is 0 Å². The number of carbonyl (C=O) groups is 1. The Morgan fingerprint density at radius 1 is 0.941 bits per heavy atom. The number of nitrogen functional groups attached to an aromatic ring is 2. The van der Waals surface area contributed by atoms with Crippen LogP contribution < -0.4 is 11.5 Å². The number of methoxy groups -OCH3 is 1. The number of amidine groups is 2. The highest BCUT2D eigenvalue weighted by molar-refractivity contribution is 6.01. The number of ether oxygens (including phenoxy) is 1. The molecule has 4 aromatic rings. The fraction of sp³-hybridized carbons (Fsp3) is 0.0741. The second-order valence-corrected chi connectivity index (χ2v) is 7.92. The van der Waals surface area contributed by atoms with Crippen LogP contribution in [0.25, 0.3) is 28.2 Å². The van der Waals surface area contributed by atoms with Crippen LogP contribution in [0.2, 0.25) is 0 Å². The van der Waals surface area contributed by atoms with Gasteiger partial charge in [0, 0.05) is 34.5 Å². The number of hydrogen-bond acceptors (Lipinski definition) is 4. The number of aromatic amines is 1. The molecule has 3 aromatic carbocycles. The molecule has 0 radical (unpaired) electrons. The van der Waals surface area contributed by atoms with E-state index in [-0.39, 0.29) is 11.7 Å². The summed E-state index contributed by atoms with van der Waals surface area (Å²) in [6.45, 7) is 0. The van der Waals surface area contributed by atoms with Gasteiger partial charge in [0.25, 0.3) is 0 Å². The Hall–Kier alpha value is -4.65. The lowest BCUT2D eigenvalue weighted by molar-refractivity contribution is -0.134. The van der Waals surface area contributed by atoms with Gasteiger partial charge in [-0.05, 0) is 34.4 Å². The third kappa shape index (κ3) is 4.73. The summed E-state index contributed by atoms with van der Waals surface area (Å²) in [5, 5.41) is 16.5. The number of carbonyl (C=O) groups excluding carboxylic acids is 1. The number of hydrogen-bond donors (Lipinski definition) is 5. The van der Waals surface area contributed by atoms with Crippen LogP contribution in [0, 0.1) is 10.8 Å². The van der Waals surface area contributed by atoms with Crippen LogP contribution in [0.1, 0.15) is 27.8 Å². The van der Waals surface area contributed by atoms with E-state index >= 15 is 0 Å². The number of esters is 1. The fourth-order valence-electron chi connectivity index (χ4n) is 3.85. The maximum atomic E-state index is 11.3. The zero-order valence-electron chi connectivity index (χ0n) is 18.7. The standard InChI is InChI=1S/C27H25N5O2/c1-34-24(33)13-6-16-2-4-17(5-3-16)14-22-21-12-11-20(27(30)31)15-23(21)32-25(22)18-7-9-19(10-8-18)26(28)29/h2-13,15,32H,14H2,1H3,(H3,28,29)(H3,30,31)/b13-6+. The first-order valence-corrected chi connectivity index (χ1v) is 10.6. The lowest BCUT2D eigenvalue weighted by atomic mass is 9.97. The Kier molecular flexibility index (Phi) is 6.27. The van der Waals surface area contributed by atoms with Crippen molar-refractivity contribution in [2.45, 2.75) is 6.42 Å². The van der Waals surface area contributed by atoms with Gasteiger partial charge in [-0.2, -0.15) is 0 Å². The van der Waals surface area contributed by atoms with Gasteiger partial charge in [0.1, 0.15) is 11.7 Å². The topological polar surface area (TPSA) is 142 Å². The van der Waals surface area contributed by atoms with E-state index in [0.717, 1.165) is 38.9 Å². The van der Waals surface area contributed by atoms with E-state index in [1.54, 1.807) is 6.08 Å². The predicted molar refractivity (Wildman–Crippen MR) is 136 cm³/mol. The molecule has 0 aliphatic rings. The summed E-state index contributed by atoms with van der Waals surface area (Å²) in [4.78, 5) is 14.8. The number of nitrogens with one attached hydrogen (secondary N) is 3. The Bertz CT molecular complexity index is 1410. The highest BCUT2D eigenvalue weighted by Crippen LogP contribution is 2.33. The molecule has 7 nitrogen and oxygen atoms in total. The van der Waals surface area contributed by atoms with Crippen LogP contribution in [-0.4, -0.2) is 29.7 Å². The molecule has 0 spiro atoms. The average Bonchev–Trinajstić information content (AvgIpc) is 3.20. The van der Waals surface area contributed by atoms with E-state index in [1.165, 1.54) is 13.2 Å². The number of benzene rings is 3. The normalized spacial score (nSPS) is 11.1. The molecule has 0 saturated heterocycles. The Labute approximate surface area is 197 Å². The van der Waals surface area contributed by atoms with Crippen LogP contribution in [0.4, 0.5) is 0 Å². The second-order valence-electron chi connectivity index (χ2n) is 7.92. The van der Waals surface area contributed by atoms with Crippen molar-refractivity contribution in [2.24, 2.45) is 11.5 Å². The molecule has 1 aromatic heterocycles. The van der Waals surface area contributed by atoms with Crippen molar-refractivity contribution >= 4 is 34.6 Å². The number of fused-ring (bicyclic) bond motifs is 1. The molecule has 170 valence electrons. The van der Waals surface area contributed by atoms with Gasteiger partial charge in [-0.1, -0.05) is 60.7 Å². The van der Waals surface area contributed by atoms with Crippen molar-refractivity contribution in [1.82, 2.24) is 4.98 Å². The van der Waals surface area contributed by atoms with E-state index in [4.69, 9.17) is 22.3 Å². The highest BCUT2D eigenvalue weighted by atomic mass is 16.5. The molecule has 34 heavy (non-hydrogen) atoms. The summed E-state index contributed by atoms with van der Waals surface area (Å²) >= 11 is 0. The molecule has 0 fully saturated rings. The van der Waals surface area contributed by atoms with Gasteiger partial charge in [-0.15, -0.1) is 0 Å². The summed E-state index contributed by atoms with van der Waals surface area (Å²) in [6.07, 6.45) is 3.78. The Morgan fingerprint density at radius 3 is 2.21 bits per heavy atom. The minimum absolute atomic E-state index is 0.0148. The maximum Gasteiger partial charge on any atom is 0.330 e. The van der Waals surface area contributed by atoms with Gasteiger partial charge in [0.2, 0.25) is 0 Å². The molecular formula is C27H25N5O2. The van der Waals surface area contributed by atoms with Crippen molar-refractivity contribution in [3.8, 4) is 11.3 Å². The zero-order chi connectivity index (χ0) is 24.2. The highest BCUT2D eigenvalue weighted by Gasteiger charge is 2.15. The summed E-state index contributed by atoms with van der Waals surface area (Å²) in [5.41, 5.74) is 18.6. The van der Waals surface area contributed by atoms with E-state index in [9.17, 15) is 4.79 Å². The molecule has 0 atom stereocenters. The Morgan fingerprint density at radius 2 is 1.59 bits per heavy atom. The molecule has 0 aliphatic heterocycles. The molecule has 0 bridgehead atoms. The maximum absolute atomic E-state index is 11.3. The van der Waals surface area contributed by atoms with Crippen molar-refractivity contribution in [3.05, 3.63) is 101 Å². The van der Waals surface area contributed by atoms with Gasteiger partial charge in [-0.25, -0.2) is 4.79 Å². The summed E-state index contributed by atoms with van der Waals surface area (Å²) in [6, 6.07) is 21.2. The summed E-state index contributed by atoms with van der Waals surface area (Å²) in [7, 11) is 1.35.